The summed E-state index contributed by atoms with van der Waals surface area (Å²) in [6.45, 7) is 0.673. The maximum atomic E-state index is 9.75. The molecule has 5 nitrogen and oxygen atoms in total. The highest BCUT2D eigenvalue weighted by molar-refractivity contribution is 5.43. The SMILES string of the molecule is CNC[C@@H](O)COc1cccc2c1C[C@@H](O)[C@@H](O)C2. The number of aliphatic hydroxyl groups excluding tert-OH is 3. The van der Waals surface area contributed by atoms with Crippen LogP contribution in [0.3, 0.4) is 0 Å². The summed E-state index contributed by atoms with van der Waals surface area (Å²) in [6, 6.07) is 5.62. The zero-order valence-electron chi connectivity index (χ0n) is 11.0. The molecule has 0 aliphatic heterocycles. The van der Waals surface area contributed by atoms with Crippen molar-refractivity contribution >= 4 is 0 Å². The first-order chi connectivity index (χ1) is 9.11. The molecule has 1 aliphatic carbocycles. The zero-order chi connectivity index (χ0) is 13.8. The minimum absolute atomic E-state index is 0.204. The molecular weight excluding hydrogens is 246 g/mol. The van der Waals surface area contributed by atoms with Gasteiger partial charge in [-0.2, -0.15) is 0 Å². The number of ether oxygens (including phenoxy) is 1. The van der Waals surface area contributed by atoms with Crippen molar-refractivity contribution in [2.45, 2.75) is 31.2 Å². The van der Waals surface area contributed by atoms with E-state index in [0.717, 1.165) is 11.1 Å². The summed E-state index contributed by atoms with van der Waals surface area (Å²) < 4.78 is 5.62. The lowest BCUT2D eigenvalue weighted by atomic mass is 9.87. The van der Waals surface area contributed by atoms with Gasteiger partial charge in [-0.15, -0.1) is 0 Å². The third kappa shape index (κ3) is 3.45. The zero-order valence-corrected chi connectivity index (χ0v) is 11.0. The van der Waals surface area contributed by atoms with Crippen molar-refractivity contribution in [1.29, 1.82) is 0 Å². The number of fused-ring (bicyclic) bond motifs is 1. The molecule has 0 radical (unpaired) electrons. The first-order valence-electron chi connectivity index (χ1n) is 6.54. The van der Waals surface area contributed by atoms with E-state index in [1.807, 2.05) is 18.2 Å². The predicted molar refractivity (Wildman–Crippen MR) is 71.3 cm³/mol. The standard InChI is InChI=1S/C14H21NO4/c1-15-7-10(16)8-19-14-4-2-3-9-5-12(17)13(18)6-11(9)14/h2-4,10,12-13,15-18H,5-8H2,1H3/t10-,12+,13-/m1/s1. The number of likely N-dealkylation sites (N-methyl/N-ethyl adjacent to an activating group) is 1. The van der Waals surface area contributed by atoms with E-state index in [-0.39, 0.29) is 6.61 Å². The summed E-state index contributed by atoms with van der Waals surface area (Å²) in [4.78, 5) is 0. The fourth-order valence-electron chi connectivity index (χ4n) is 2.36. The molecule has 0 saturated carbocycles. The molecule has 0 aromatic heterocycles. The van der Waals surface area contributed by atoms with Gasteiger partial charge in [0.2, 0.25) is 0 Å². The van der Waals surface area contributed by atoms with Gasteiger partial charge in [-0.1, -0.05) is 12.1 Å². The predicted octanol–water partition coefficient (Wildman–Crippen LogP) is -0.534. The van der Waals surface area contributed by atoms with E-state index in [1.165, 1.54) is 0 Å². The van der Waals surface area contributed by atoms with Crippen LogP contribution in [0.5, 0.6) is 5.75 Å². The van der Waals surface area contributed by atoms with Crippen molar-refractivity contribution in [2.75, 3.05) is 20.2 Å². The van der Waals surface area contributed by atoms with Crippen LogP contribution in [0.25, 0.3) is 0 Å². The van der Waals surface area contributed by atoms with Crippen LogP contribution < -0.4 is 10.1 Å². The van der Waals surface area contributed by atoms with E-state index in [4.69, 9.17) is 4.74 Å². The summed E-state index contributed by atoms with van der Waals surface area (Å²) in [5, 5.41) is 31.9. The normalized spacial score (nSPS) is 23.8. The van der Waals surface area contributed by atoms with Crippen LogP contribution in [-0.2, 0) is 12.8 Å². The van der Waals surface area contributed by atoms with Crippen LogP contribution in [0.1, 0.15) is 11.1 Å². The Balaban J connectivity index is 2.08. The monoisotopic (exact) mass is 267 g/mol. The first kappa shape index (κ1) is 14.3. The molecular formula is C14H21NO4. The number of rotatable bonds is 5. The summed E-state index contributed by atoms with van der Waals surface area (Å²) in [7, 11) is 1.77. The van der Waals surface area contributed by atoms with Gasteiger partial charge in [0.25, 0.3) is 0 Å². The average Bonchev–Trinajstić information content (AvgIpc) is 2.38. The third-order valence-electron chi connectivity index (χ3n) is 3.39. The maximum Gasteiger partial charge on any atom is 0.123 e. The van der Waals surface area contributed by atoms with Crippen LogP contribution in [0.4, 0.5) is 0 Å². The molecule has 0 bridgehead atoms. The Morgan fingerprint density at radius 2 is 2.05 bits per heavy atom. The van der Waals surface area contributed by atoms with Crippen molar-refractivity contribution in [3.8, 4) is 5.75 Å². The van der Waals surface area contributed by atoms with Gasteiger partial charge >= 0.3 is 0 Å². The van der Waals surface area contributed by atoms with Gasteiger partial charge in [0.15, 0.2) is 0 Å². The molecule has 3 atom stereocenters. The molecule has 4 N–H and O–H groups in total. The molecule has 0 saturated heterocycles. The molecule has 0 spiro atoms. The molecule has 0 heterocycles. The molecule has 0 amide bonds. The highest BCUT2D eigenvalue weighted by atomic mass is 16.5. The Labute approximate surface area is 112 Å². The van der Waals surface area contributed by atoms with E-state index in [2.05, 4.69) is 5.32 Å². The first-order valence-corrected chi connectivity index (χ1v) is 6.54. The van der Waals surface area contributed by atoms with Gasteiger partial charge in [-0.05, 0) is 18.7 Å². The average molecular weight is 267 g/mol. The van der Waals surface area contributed by atoms with Crippen molar-refractivity contribution in [3.05, 3.63) is 29.3 Å². The largest absolute Gasteiger partial charge is 0.491 e. The summed E-state index contributed by atoms with van der Waals surface area (Å²) in [5.74, 6) is 0.679. The molecule has 2 rings (SSSR count). The third-order valence-corrected chi connectivity index (χ3v) is 3.39. The van der Waals surface area contributed by atoms with Gasteiger partial charge in [0.05, 0.1) is 12.2 Å². The van der Waals surface area contributed by atoms with Crippen LogP contribution >= 0.6 is 0 Å². The second kappa shape index (κ2) is 6.34. The molecule has 0 unspecified atom stereocenters. The highest BCUT2D eigenvalue weighted by Gasteiger charge is 2.27. The van der Waals surface area contributed by atoms with Crippen LogP contribution in [-0.4, -0.2) is 53.8 Å². The molecule has 5 heteroatoms. The van der Waals surface area contributed by atoms with Gasteiger partial charge in [0.1, 0.15) is 18.5 Å². The van der Waals surface area contributed by atoms with Crippen molar-refractivity contribution in [3.63, 3.8) is 0 Å². The van der Waals surface area contributed by atoms with Gasteiger partial charge in [-0.25, -0.2) is 0 Å². The Morgan fingerprint density at radius 3 is 2.79 bits per heavy atom. The van der Waals surface area contributed by atoms with Gasteiger partial charge < -0.3 is 25.4 Å². The summed E-state index contributed by atoms with van der Waals surface area (Å²) >= 11 is 0. The minimum atomic E-state index is -0.750. The molecule has 0 fully saturated rings. The number of nitrogens with one attached hydrogen (secondary N) is 1. The number of hydrogen-bond acceptors (Lipinski definition) is 5. The fraction of sp³-hybridized carbons (Fsp3) is 0.571. The molecule has 1 aromatic rings. The van der Waals surface area contributed by atoms with Crippen LogP contribution in [0.2, 0.25) is 0 Å². The van der Waals surface area contributed by atoms with Gasteiger partial charge in [0, 0.05) is 24.9 Å². The summed E-state index contributed by atoms with van der Waals surface area (Å²) in [5.41, 5.74) is 1.93. The second-order valence-corrected chi connectivity index (χ2v) is 4.96. The molecule has 1 aromatic carbocycles. The lowest BCUT2D eigenvalue weighted by molar-refractivity contribution is 0.0132. The van der Waals surface area contributed by atoms with E-state index >= 15 is 0 Å². The van der Waals surface area contributed by atoms with E-state index in [9.17, 15) is 15.3 Å². The molecule has 1 aliphatic rings. The minimum Gasteiger partial charge on any atom is -0.491 e. The Morgan fingerprint density at radius 1 is 1.32 bits per heavy atom. The van der Waals surface area contributed by atoms with Crippen LogP contribution in [0.15, 0.2) is 18.2 Å². The number of hydrogen-bond donors (Lipinski definition) is 4. The maximum absolute atomic E-state index is 9.75. The van der Waals surface area contributed by atoms with Gasteiger partial charge in [-0.3, -0.25) is 0 Å². The van der Waals surface area contributed by atoms with Crippen molar-refractivity contribution < 1.29 is 20.1 Å². The lowest BCUT2D eigenvalue weighted by Gasteiger charge is -2.27. The Hall–Kier alpha value is -1.14. The topological polar surface area (TPSA) is 82.0 Å². The second-order valence-electron chi connectivity index (χ2n) is 4.96. The summed E-state index contributed by atoms with van der Waals surface area (Å²) in [6.07, 6.45) is -1.21. The van der Waals surface area contributed by atoms with Crippen molar-refractivity contribution in [2.24, 2.45) is 0 Å². The molecule has 106 valence electrons. The Bertz CT molecular complexity index is 424. The molecule has 19 heavy (non-hydrogen) atoms. The smallest absolute Gasteiger partial charge is 0.123 e. The van der Waals surface area contributed by atoms with E-state index in [1.54, 1.807) is 7.05 Å². The lowest BCUT2D eigenvalue weighted by Crippen LogP contribution is -2.35. The van der Waals surface area contributed by atoms with E-state index in [0.29, 0.717) is 25.1 Å². The van der Waals surface area contributed by atoms with Crippen molar-refractivity contribution in [1.82, 2.24) is 5.32 Å². The quantitative estimate of drug-likeness (QED) is 0.576. The highest BCUT2D eigenvalue weighted by Crippen LogP contribution is 2.30. The number of aliphatic hydroxyl groups is 3. The Kier molecular flexibility index (Phi) is 4.76. The van der Waals surface area contributed by atoms with Crippen LogP contribution in [0, 0.1) is 0 Å². The van der Waals surface area contributed by atoms with E-state index < -0.39 is 18.3 Å². The number of benzene rings is 1. The fourth-order valence-corrected chi connectivity index (χ4v) is 2.36.